The summed E-state index contributed by atoms with van der Waals surface area (Å²) in [6.07, 6.45) is 6.45. The van der Waals surface area contributed by atoms with Gasteiger partial charge in [-0.05, 0) is 58.3 Å². The van der Waals surface area contributed by atoms with E-state index in [0.29, 0.717) is 5.38 Å². The quantitative estimate of drug-likeness (QED) is 0.557. The highest BCUT2D eigenvalue weighted by molar-refractivity contribution is 6.21. The van der Waals surface area contributed by atoms with Crippen LogP contribution in [0, 0.1) is 0 Å². The third-order valence-electron chi connectivity index (χ3n) is 3.36. The number of nitrogens with one attached hydrogen (secondary N) is 1. The van der Waals surface area contributed by atoms with Gasteiger partial charge in [0, 0.05) is 11.4 Å². The maximum atomic E-state index is 5.91. The minimum absolute atomic E-state index is 0.450. The van der Waals surface area contributed by atoms with Gasteiger partial charge in [-0.2, -0.15) is 0 Å². The zero-order chi connectivity index (χ0) is 9.80. The molecule has 82 valence electrons. The van der Waals surface area contributed by atoms with Crippen molar-refractivity contribution in [3.63, 3.8) is 0 Å². The molecular weight excluding hydrogens is 196 g/mol. The molecular formula is C11H21ClN2. The monoisotopic (exact) mass is 216 g/mol. The third kappa shape index (κ3) is 3.11. The van der Waals surface area contributed by atoms with Crippen LogP contribution in [0.5, 0.6) is 0 Å². The topological polar surface area (TPSA) is 15.3 Å². The Balaban J connectivity index is 1.43. The lowest BCUT2D eigenvalue weighted by Crippen LogP contribution is -2.42. The van der Waals surface area contributed by atoms with E-state index >= 15 is 0 Å². The molecule has 0 spiro atoms. The fourth-order valence-corrected chi connectivity index (χ4v) is 2.76. The molecule has 1 saturated heterocycles. The van der Waals surface area contributed by atoms with Gasteiger partial charge in [0.25, 0.3) is 0 Å². The van der Waals surface area contributed by atoms with Crippen molar-refractivity contribution in [3.05, 3.63) is 0 Å². The summed E-state index contributed by atoms with van der Waals surface area (Å²) in [5, 5.41) is 4.01. The number of nitrogens with zero attached hydrogens (tertiary/aromatic N) is 1. The number of rotatable bonds is 5. The molecule has 0 unspecified atom stereocenters. The molecule has 0 aromatic rings. The maximum Gasteiger partial charge on any atom is 0.0365 e. The minimum atomic E-state index is 0.450. The Morgan fingerprint density at radius 1 is 1.21 bits per heavy atom. The Morgan fingerprint density at radius 2 is 1.93 bits per heavy atom. The maximum absolute atomic E-state index is 5.91. The Hall–Kier alpha value is 0.210. The van der Waals surface area contributed by atoms with Crippen molar-refractivity contribution < 1.29 is 0 Å². The van der Waals surface area contributed by atoms with Gasteiger partial charge in [0.05, 0.1) is 0 Å². The smallest absolute Gasteiger partial charge is 0.0365 e. The molecule has 2 nitrogen and oxygen atoms in total. The minimum Gasteiger partial charge on any atom is -0.314 e. The molecule has 0 radical (unpaired) electrons. The second-order valence-corrected chi connectivity index (χ2v) is 5.24. The first-order valence-corrected chi connectivity index (χ1v) is 6.38. The van der Waals surface area contributed by atoms with Crippen LogP contribution in [0.4, 0.5) is 0 Å². The molecule has 1 aliphatic heterocycles. The van der Waals surface area contributed by atoms with E-state index in [-0.39, 0.29) is 0 Å². The molecule has 1 saturated carbocycles. The fourth-order valence-electron chi connectivity index (χ4n) is 2.33. The van der Waals surface area contributed by atoms with Crippen molar-refractivity contribution in [2.75, 3.05) is 26.2 Å². The summed E-state index contributed by atoms with van der Waals surface area (Å²) < 4.78 is 0. The lowest BCUT2D eigenvalue weighted by Gasteiger charge is -2.31. The van der Waals surface area contributed by atoms with E-state index in [1.54, 1.807) is 0 Å². The molecule has 3 heteroatoms. The van der Waals surface area contributed by atoms with Crippen molar-refractivity contribution in [1.82, 2.24) is 10.2 Å². The molecule has 1 N–H and O–H groups in total. The fraction of sp³-hybridized carbons (Fsp3) is 1.00. The Bertz CT molecular complexity index is 163. The Labute approximate surface area is 92.0 Å². The summed E-state index contributed by atoms with van der Waals surface area (Å²) >= 11 is 5.91. The van der Waals surface area contributed by atoms with E-state index in [4.69, 9.17) is 11.6 Å². The summed E-state index contributed by atoms with van der Waals surface area (Å²) in [6.45, 7) is 5.11. The summed E-state index contributed by atoms with van der Waals surface area (Å²) in [5.74, 6) is 0. The second-order valence-electron chi connectivity index (χ2n) is 4.62. The van der Waals surface area contributed by atoms with Crippen LogP contribution in [0.3, 0.4) is 0 Å². The summed E-state index contributed by atoms with van der Waals surface area (Å²) in [4.78, 5) is 2.58. The van der Waals surface area contributed by atoms with Crippen molar-refractivity contribution in [3.8, 4) is 0 Å². The van der Waals surface area contributed by atoms with Crippen LogP contribution in [0.1, 0.15) is 32.1 Å². The van der Waals surface area contributed by atoms with Gasteiger partial charge in [0.15, 0.2) is 0 Å². The average Bonchev–Trinajstić information content (AvgIpc) is 2.61. The van der Waals surface area contributed by atoms with Gasteiger partial charge in [-0.3, -0.25) is 0 Å². The van der Waals surface area contributed by atoms with Gasteiger partial charge in [-0.25, -0.2) is 0 Å². The highest BCUT2D eigenvalue weighted by atomic mass is 35.5. The van der Waals surface area contributed by atoms with E-state index in [9.17, 15) is 0 Å². The molecule has 0 amide bonds. The van der Waals surface area contributed by atoms with Gasteiger partial charge in [0.2, 0.25) is 0 Å². The first kappa shape index (κ1) is 10.7. The molecule has 2 rings (SSSR count). The SMILES string of the molecule is ClC1CC(NCCCN2CCCC2)C1. The lowest BCUT2D eigenvalue weighted by atomic mass is 9.92. The first-order valence-electron chi connectivity index (χ1n) is 5.94. The standard InChI is InChI=1S/C11H21ClN2/c12-10-8-11(9-10)13-4-3-7-14-5-1-2-6-14/h10-11,13H,1-9H2. The largest absolute Gasteiger partial charge is 0.314 e. The second kappa shape index (κ2) is 5.34. The van der Waals surface area contributed by atoms with Crippen LogP contribution in [0.25, 0.3) is 0 Å². The highest BCUT2D eigenvalue weighted by Gasteiger charge is 2.26. The zero-order valence-electron chi connectivity index (χ0n) is 8.84. The third-order valence-corrected chi connectivity index (χ3v) is 3.72. The van der Waals surface area contributed by atoms with Crippen molar-refractivity contribution >= 4 is 11.6 Å². The number of hydrogen-bond donors (Lipinski definition) is 1. The van der Waals surface area contributed by atoms with Crippen molar-refractivity contribution in [2.45, 2.75) is 43.5 Å². The van der Waals surface area contributed by atoms with Crippen molar-refractivity contribution in [1.29, 1.82) is 0 Å². The average molecular weight is 217 g/mol. The molecule has 1 heterocycles. The van der Waals surface area contributed by atoms with Crippen LogP contribution in [-0.4, -0.2) is 42.5 Å². The normalized spacial score (nSPS) is 33.2. The van der Waals surface area contributed by atoms with Crippen LogP contribution in [-0.2, 0) is 0 Å². The number of halogens is 1. The van der Waals surface area contributed by atoms with Crippen LogP contribution < -0.4 is 5.32 Å². The predicted molar refractivity (Wildman–Crippen MR) is 61.0 cm³/mol. The van der Waals surface area contributed by atoms with E-state index < -0.39 is 0 Å². The summed E-state index contributed by atoms with van der Waals surface area (Å²) in [6, 6.07) is 0.719. The van der Waals surface area contributed by atoms with E-state index in [2.05, 4.69) is 10.2 Å². The molecule has 0 aromatic heterocycles. The summed E-state index contributed by atoms with van der Waals surface area (Å²) in [7, 11) is 0. The Morgan fingerprint density at radius 3 is 2.57 bits per heavy atom. The number of likely N-dealkylation sites (tertiary alicyclic amines) is 1. The first-order chi connectivity index (χ1) is 6.84. The highest BCUT2D eigenvalue weighted by Crippen LogP contribution is 2.25. The molecule has 2 aliphatic rings. The van der Waals surface area contributed by atoms with Crippen LogP contribution in [0.2, 0.25) is 0 Å². The number of alkyl halides is 1. The molecule has 0 atom stereocenters. The van der Waals surface area contributed by atoms with Crippen molar-refractivity contribution in [2.24, 2.45) is 0 Å². The zero-order valence-corrected chi connectivity index (χ0v) is 9.60. The summed E-state index contributed by atoms with van der Waals surface area (Å²) in [5.41, 5.74) is 0. The predicted octanol–water partition coefficient (Wildman–Crippen LogP) is 1.83. The van der Waals surface area contributed by atoms with E-state index in [1.165, 1.54) is 58.3 Å². The molecule has 1 aliphatic carbocycles. The van der Waals surface area contributed by atoms with E-state index in [1.807, 2.05) is 0 Å². The number of hydrogen-bond acceptors (Lipinski definition) is 2. The van der Waals surface area contributed by atoms with Crippen LogP contribution in [0.15, 0.2) is 0 Å². The molecule has 0 bridgehead atoms. The van der Waals surface area contributed by atoms with Crippen LogP contribution >= 0.6 is 11.6 Å². The molecule has 2 fully saturated rings. The van der Waals surface area contributed by atoms with Gasteiger partial charge < -0.3 is 10.2 Å². The van der Waals surface area contributed by atoms with E-state index in [0.717, 1.165) is 6.04 Å². The Kier molecular flexibility index (Phi) is 4.09. The van der Waals surface area contributed by atoms with Gasteiger partial charge >= 0.3 is 0 Å². The van der Waals surface area contributed by atoms with Gasteiger partial charge in [-0.15, -0.1) is 11.6 Å². The molecule has 0 aromatic carbocycles. The lowest BCUT2D eigenvalue weighted by molar-refractivity contribution is 0.307. The molecule has 14 heavy (non-hydrogen) atoms. The van der Waals surface area contributed by atoms with Gasteiger partial charge in [-0.1, -0.05) is 0 Å². The van der Waals surface area contributed by atoms with Gasteiger partial charge in [0.1, 0.15) is 0 Å².